The van der Waals surface area contributed by atoms with E-state index in [0.29, 0.717) is 45.3 Å². The number of benzene rings is 1. The molecule has 3 N–H and O–H groups in total. The van der Waals surface area contributed by atoms with E-state index in [-0.39, 0.29) is 11.7 Å². The van der Waals surface area contributed by atoms with Gasteiger partial charge in [0, 0.05) is 11.3 Å². The molecular formula is C22H20ClN7O2S. The average Bonchev–Trinajstić information content (AvgIpc) is 3.50. The molecular weight excluding hydrogens is 462 g/mol. The number of carbonyl (C=O) groups excluding carboxylic acids is 1. The molecule has 9 nitrogen and oxygen atoms in total. The second kappa shape index (κ2) is 9.44. The third-order valence-electron chi connectivity index (χ3n) is 5.20. The van der Waals surface area contributed by atoms with Crippen molar-refractivity contribution < 1.29 is 9.21 Å². The molecule has 3 heterocycles. The summed E-state index contributed by atoms with van der Waals surface area (Å²) in [5.41, 5.74) is 2.74. The Morgan fingerprint density at radius 3 is 2.76 bits per heavy atom. The van der Waals surface area contributed by atoms with E-state index in [4.69, 9.17) is 21.9 Å². The summed E-state index contributed by atoms with van der Waals surface area (Å²) in [5.74, 6) is 7.39. The number of nitrogens with one attached hydrogen (secondary N) is 1. The lowest BCUT2D eigenvalue weighted by Gasteiger charge is -2.12. The molecule has 33 heavy (non-hydrogen) atoms. The molecule has 0 spiro atoms. The number of hydrogen-bond donors (Lipinski definition) is 2. The number of anilines is 1. The Bertz CT molecular complexity index is 1350. The number of nitrogen functional groups attached to an aromatic ring is 1. The van der Waals surface area contributed by atoms with Gasteiger partial charge in [-0.25, -0.2) is 4.68 Å². The van der Waals surface area contributed by atoms with Crippen LogP contribution in [0.5, 0.6) is 0 Å². The fraction of sp³-hybridized carbons (Fsp3) is 0.182. The van der Waals surface area contributed by atoms with E-state index in [1.807, 2.05) is 36.6 Å². The maximum absolute atomic E-state index is 12.8. The van der Waals surface area contributed by atoms with Gasteiger partial charge in [-0.05, 0) is 43.7 Å². The van der Waals surface area contributed by atoms with Gasteiger partial charge in [0.25, 0.3) is 0 Å². The van der Waals surface area contributed by atoms with Crippen molar-refractivity contribution in [3.63, 3.8) is 0 Å². The van der Waals surface area contributed by atoms with Crippen molar-refractivity contribution in [1.82, 2.24) is 19.4 Å². The van der Waals surface area contributed by atoms with Gasteiger partial charge in [0.2, 0.25) is 11.1 Å². The van der Waals surface area contributed by atoms with Crippen molar-refractivity contribution in [2.75, 3.05) is 16.9 Å². The molecule has 0 saturated carbocycles. The number of halogens is 1. The molecule has 0 atom stereocenters. The fourth-order valence-corrected chi connectivity index (χ4v) is 4.26. The molecule has 0 fully saturated rings. The number of nitrogens with two attached hydrogens (primary N) is 1. The van der Waals surface area contributed by atoms with Gasteiger partial charge in [0.15, 0.2) is 5.82 Å². The summed E-state index contributed by atoms with van der Waals surface area (Å²) in [4.78, 5) is 12.8. The third kappa shape index (κ3) is 4.46. The predicted molar refractivity (Wildman–Crippen MR) is 126 cm³/mol. The molecule has 1 aromatic carbocycles. The van der Waals surface area contributed by atoms with E-state index in [1.165, 1.54) is 4.68 Å². The Morgan fingerprint density at radius 2 is 2.06 bits per heavy atom. The normalized spacial score (nSPS) is 10.8. The number of nitrogens with zero attached hydrogens (tertiary/aromatic N) is 5. The standard InChI is InChI=1S/C22H20ClN7O2S/c1-13-14(2)29(11-15-6-5-9-32-15)20(17(13)10-24)26-19(31)12-33-22-28-27-21(30(22)25)16-7-3-4-8-18(16)23/h3-9H,11-12,25H2,1-2H3,(H,26,31). The molecule has 3 aromatic heterocycles. The lowest BCUT2D eigenvalue weighted by Crippen LogP contribution is -2.19. The highest BCUT2D eigenvalue weighted by atomic mass is 35.5. The van der Waals surface area contributed by atoms with E-state index in [0.717, 1.165) is 23.0 Å². The topological polar surface area (TPSA) is 128 Å². The zero-order valence-electron chi connectivity index (χ0n) is 17.9. The summed E-state index contributed by atoms with van der Waals surface area (Å²) in [6, 6.07) is 13.0. The average molecular weight is 482 g/mol. The predicted octanol–water partition coefficient (Wildman–Crippen LogP) is 3.97. The molecule has 11 heteroatoms. The summed E-state index contributed by atoms with van der Waals surface area (Å²) in [6.45, 7) is 4.14. The number of furan rings is 1. The van der Waals surface area contributed by atoms with Crippen LogP contribution in [0.4, 0.5) is 5.82 Å². The number of nitriles is 1. The van der Waals surface area contributed by atoms with Gasteiger partial charge >= 0.3 is 0 Å². The molecule has 0 bridgehead atoms. The van der Waals surface area contributed by atoms with Crippen molar-refractivity contribution in [3.05, 3.63) is 70.3 Å². The Balaban J connectivity index is 1.51. The number of hydrogen-bond acceptors (Lipinski definition) is 7. The van der Waals surface area contributed by atoms with Crippen LogP contribution in [-0.2, 0) is 11.3 Å². The Kier molecular flexibility index (Phi) is 6.44. The van der Waals surface area contributed by atoms with Crippen LogP contribution in [0.15, 0.2) is 52.2 Å². The maximum Gasteiger partial charge on any atom is 0.235 e. The molecule has 4 rings (SSSR count). The first-order valence-corrected chi connectivity index (χ1v) is 11.3. The number of carbonyl (C=O) groups is 1. The van der Waals surface area contributed by atoms with Crippen LogP contribution >= 0.6 is 23.4 Å². The molecule has 0 aliphatic rings. The van der Waals surface area contributed by atoms with Crippen LogP contribution in [0.25, 0.3) is 11.4 Å². The van der Waals surface area contributed by atoms with Crippen molar-refractivity contribution in [2.24, 2.45) is 0 Å². The maximum atomic E-state index is 12.8. The minimum absolute atomic E-state index is 0.0206. The van der Waals surface area contributed by atoms with E-state index in [9.17, 15) is 10.1 Å². The summed E-state index contributed by atoms with van der Waals surface area (Å²) >= 11 is 7.35. The number of thioether (sulfide) groups is 1. The van der Waals surface area contributed by atoms with Crippen LogP contribution in [0, 0.1) is 25.2 Å². The van der Waals surface area contributed by atoms with Crippen molar-refractivity contribution in [1.29, 1.82) is 5.26 Å². The Labute approximate surface area is 199 Å². The summed E-state index contributed by atoms with van der Waals surface area (Å²) in [6.07, 6.45) is 1.58. The fourth-order valence-electron chi connectivity index (χ4n) is 3.39. The zero-order valence-corrected chi connectivity index (χ0v) is 19.4. The lowest BCUT2D eigenvalue weighted by atomic mass is 10.2. The molecule has 168 valence electrons. The van der Waals surface area contributed by atoms with E-state index < -0.39 is 0 Å². The van der Waals surface area contributed by atoms with Crippen molar-refractivity contribution in [3.8, 4) is 17.5 Å². The highest BCUT2D eigenvalue weighted by molar-refractivity contribution is 7.99. The monoisotopic (exact) mass is 481 g/mol. The molecule has 0 aliphatic carbocycles. The highest BCUT2D eigenvalue weighted by Gasteiger charge is 2.21. The Hall–Kier alpha value is -3.68. The third-order valence-corrected chi connectivity index (χ3v) is 6.48. The second-order valence-electron chi connectivity index (χ2n) is 7.20. The van der Waals surface area contributed by atoms with Gasteiger partial charge in [0.1, 0.15) is 17.6 Å². The SMILES string of the molecule is Cc1c(C#N)c(NC(=O)CSc2nnc(-c3ccccc3Cl)n2N)n(Cc2ccco2)c1C. The largest absolute Gasteiger partial charge is 0.467 e. The van der Waals surface area contributed by atoms with Gasteiger partial charge in [0.05, 0.1) is 29.1 Å². The van der Waals surface area contributed by atoms with Crippen LogP contribution in [0.1, 0.15) is 22.6 Å². The van der Waals surface area contributed by atoms with Crippen LogP contribution < -0.4 is 11.2 Å². The van der Waals surface area contributed by atoms with Crippen molar-refractivity contribution >= 4 is 35.1 Å². The molecule has 1 amide bonds. The van der Waals surface area contributed by atoms with E-state index >= 15 is 0 Å². The molecule has 0 unspecified atom stereocenters. The minimum atomic E-state index is -0.308. The first-order chi connectivity index (χ1) is 15.9. The van der Waals surface area contributed by atoms with Crippen LogP contribution in [-0.4, -0.2) is 31.1 Å². The van der Waals surface area contributed by atoms with E-state index in [2.05, 4.69) is 21.6 Å². The highest BCUT2D eigenvalue weighted by Crippen LogP contribution is 2.29. The summed E-state index contributed by atoms with van der Waals surface area (Å²) < 4.78 is 8.60. The molecule has 4 aromatic rings. The molecule has 0 radical (unpaired) electrons. The molecule has 0 aliphatic heterocycles. The minimum Gasteiger partial charge on any atom is -0.467 e. The lowest BCUT2D eigenvalue weighted by molar-refractivity contribution is -0.113. The summed E-state index contributed by atoms with van der Waals surface area (Å²) in [5, 5.41) is 21.6. The van der Waals surface area contributed by atoms with Gasteiger partial charge in [-0.1, -0.05) is 35.5 Å². The van der Waals surface area contributed by atoms with E-state index in [1.54, 1.807) is 24.5 Å². The molecule has 0 saturated heterocycles. The number of aromatic nitrogens is 4. The van der Waals surface area contributed by atoms with Gasteiger partial charge in [-0.3, -0.25) is 4.79 Å². The van der Waals surface area contributed by atoms with Crippen LogP contribution in [0.2, 0.25) is 5.02 Å². The van der Waals surface area contributed by atoms with Gasteiger partial charge < -0.3 is 20.1 Å². The zero-order chi connectivity index (χ0) is 23.5. The first kappa shape index (κ1) is 22.5. The number of rotatable bonds is 7. The van der Waals surface area contributed by atoms with Crippen LogP contribution in [0.3, 0.4) is 0 Å². The second-order valence-corrected chi connectivity index (χ2v) is 8.55. The van der Waals surface area contributed by atoms with Gasteiger partial charge in [-0.2, -0.15) is 5.26 Å². The quantitative estimate of drug-likeness (QED) is 0.302. The summed E-state index contributed by atoms with van der Waals surface area (Å²) in [7, 11) is 0. The van der Waals surface area contributed by atoms with Crippen molar-refractivity contribution in [2.45, 2.75) is 25.5 Å². The smallest absolute Gasteiger partial charge is 0.235 e. The number of amides is 1. The first-order valence-electron chi connectivity index (χ1n) is 9.91. The van der Waals surface area contributed by atoms with Gasteiger partial charge in [-0.15, -0.1) is 10.2 Å². The Morgan fingerprint density at radius 1 is 1.27 bits per heavy atom.